The highest BCUT2D eigenvalue weighted by molar-refractivity contribution is 6.30. The molecule has 7 heteroatoms. The lowest BCUT2D eigenvalue weighted by atomic mass is 10.1. The number of hydrogen-bond acceptors (Lipinski definition) is 4. The molecule has 2 aromatic rings. The molecule has 6 nitrogen and oxygen atoms in total. The Kier molecular flexibility index (Phi) is 3.45. The zero-order valence-electron chi connectivity index (χ0n) is 10.7. The van der Waals surface area contributed by atoms with E-state index in [-0.39, 0.29) is 18.4 Å². The van der Waals surface area contributed by atoms with Crippen molar-refractivity contribution >= 4 is 34.9 Å². The molecule has 1 aromatic carbocycles. The number of carbonyl (C=O) groups is 2. The first kappa shape index (κ1) is 13.4. The van der Waals surface area contributed by atoms with Gasteiger partial charge in [0.25, 0.3) is 11.8 Å². The fraction of sp³-hybridized carbons (Fsp3) is 0.0714. The second kappa shape index (κ2) is 5.41. The number of benzene rings is 1. The molecule has 2 N–H and O–H groups in total. The Morgan fingerprint density at radius 3 is 3.00 bits per heavy atom. The van der Waals surface area contributed by atoms with Gasteiger partial charge < -0.3 is 15.4 Å². The molecule has 0 radical (unpaired) electrons. The lowest BCUT2D eigenvalue weighted by Gasteiger charge is -2.18. The zero-order chi connectivity index (χ0) is 14.8. The molecule has 0 unspecified atom stereocenters. The van der Waals surface area contributed by atoms with Gasteiger partial charge in [0.1, 0.15) is 11.6 Å². The minimum absolute atomic E-state index is 0.0228. The van der Waals surface area contributed by atoms with Crippen molar-refractivity contribution in [3.63, 3.8) is 0 Å². The Morgan fingerprint density at radius 2 is 2.19 bits per heavy atom. The molecule has 2 amide bonds. The summed E-state index contributed by atoms with van der Waals surface area (Å²) < 4.78 is 5.23. The van der Waals surface area contributed by atoms with E-state index < -0.39 is 0 Å². The summed E-state index contributed by atoms with van der Waals surface area (Å²) in [6, 6.07) is 7.95. The highest BCUT2D eigenvalue weighted by Crippen LogP contribution is 2.28. The monoisotopic (exact) mass is 303 g/mol. The van der Waals surface area contributed by atoms with Crippen molar-refractivity contribution in [3.05, 3.63) is 47.1 Å². The molecule has 0 bridgehead atoms. The molecule has 106 valence electrons. The molecule has 21 heavy (non-hydrogen) atoms. The number of nitrogens with one attached hydrogen (secondary N) is 2. The standard InChI is InChI=1S/C14H10ClN3O3/c15-9-3-4-16-12(6-9)18-14(20)8-1-2-11-10(5-8)17-13(19)7-21-11/h1-6H,7H2,(H,17,19)(H,16,18,20). The summed E-state index contributed by atoms with van der Waals surface area (Å²) in [6.07, 6.45) is 1.50. The highest BCUT2D eigenvalue weighted by Gasteiger charge is 2.18. The van der Waals surface area contributed by atoms with Gasteiger partial charge in [0, 0.05) is 16.8 Å². The van der Waals surface area contributed by atoms with E-state index in [1.807, 2.05) is 0 Å². The summed E-state index contributed by atoms with van der Waals surface area (Å²) >= 11 is 5.83. The van der Waals surface area contributed by atoms with Crippen molar-refractivity contribution in [2.75, 3.05) is 17.2 Å². The first-order valence-electron chi connectivity index (χ1n) is 6.11. The van der Waals surface area contributed by atoms with E-state index in [4.69, 9.17) is 16.3 Å². The first-order chi connectivity index (χ1) is 10.1. The number of anilines is 2. The van der Waals surface area contributed by atoms with E-state index in [9.17, 15) is 9.59 Å². The van der Waals surface area contributed by atoms with Gasteiger partial charge >= 0.3 is 0 Å². The van der Waals surface area contributed by atoms with Gasteiger partial charge in [-0.2, -0.15) is 0 Å². The third-order valence-corrected chi connectivity index (χ3v) is 3.07. The zero-order valence-corrected chi connectivity index (χ0v) is 11.5. The van der Waals surface area contributed by atoms with Crippen LogP contribution in [0, 0.1) is 0 Å². The molecule has 0 atom stereocenters. The van der Waals surface area contributed by atoms with Gasteiger partial charge in [-0.1, -0.05) is 11.6 Å². The minimum Gasteiger partial charge on any atom is -0.482 e. The molecule has 1 aliphatic rings. The SMILES string of the molecule is O=C1COc2ccc(C(=O)Nc3cc(Cl)ccn3)cc2N1. The Morgan fingerprint density at radius 1 is 1.33 bits per heavy atom. The third-order valence-electron chi connectivity index (χ3n) is 2.84. The average molecular weight is 304 g/mol. The molecular formula is C14H10ClN3O3. The van der Waals surface area contributed by atoms with E-state index in [0.29, 0.717) is 27.8 Å². The van der Waals surface area contributed by atoms with Crippen LogP contribution >= 0.6 is 11.6 Å². The normalized spacial score (nSPS) is 12.9. The number of nitrogens with zero attached hydrogens (tertiary/aromatic N) is 1. The van der Waals surface area contributed by atoms with E-state index in [2.05, 4.69) is 15.6 Å². The van der Waals surface area contributed by atoms with Gasteiger partial charge in [0.05, 0.1) is 5.69 Å². The summed E-state index contributed by atoms with van der Waals surface area (Å²) in [4.78, 5) is 27.4. The Bertz CT molecular complexity index is 733. The summed E-state index contributed by atoms with van der Waals surface area (Å²) in [5, 5.41) is 5.75. The predicted octanol–water partition coefficient (Wildman–Crippen LogP) is 2.32. The molecule has 0 saturated heterocycles. The van der Waals surface area contributed by atoms with Crippen molar-refractivity contribution in [2.24, 2.45) is 0 Å². The third kappa shape index (κ3) is 2.95. The van der Waals surface area contributed by atoms with Crippen LogP contribution < -0.4 is 15.4 Å². The van der Waals surface area contributed by atoms with Crippen LogP contribution in [0.25, 0.3) is 0 Å². The average Bonchev–Trinajstić information content (AvgIpc) is 2.46. The van der Waals surface area contributed by atoms with Crippen LogP contribution in [0.3, 0.4) is 0 Å². The van der Waals surface area contributed by atoms with Crippen LogP contribution in [-0.4, -0.2) is 23.4 Å². The van der Waals surface area contributed by atoms with E-state index in [1.165, 1.54) is 6.20 Å². The number of hydrogen-bond donors (Lipinski definition) is 2. The van der Waals surface area contributed by atoms with Gasteiger partial charge in [-0.25, -0.2) is 4.98 Å². The van der Waals surface area contributed by atoms with Crippen molar-refractivity contribution in [1.82, 2.24) is 4.98 Å². The summed E-state index contributed by atoms with van der Waals surface area (Å²) in [5.41, 5.74) is 0.847. The molecular weight excluding hydrogens is 294 g/mol. The lowest BCUT2D eigenvalue weighted by molar-refractivity contribution is -0.118. The number of fused-ring (bicyclic) bond motifs is 1. The summed E-state index contributed by atoms with van der Waals surface area (Å²) in [6.45, 7) is -0.0228. The van der Waals surface area contributed by atoms with Crippen molar-refractivity contribution in [3.8, 4) is 5.75 Å². The summed E-state index contributed by atoms with van der Waals surface area (Å²) in [5.74, 6) is 0.279. The molecule has 2 heterocycles. The first-order valence-corrected chi connectivity index (χ1v) is 6.49. The highest BCUT2D eigenvalue weighted by atomic mass is 35.5. The molecule has 0 spiro atoms. The van der Waals surface area contributed by atoms with Gasteiger partial charge in [-0.3, -0.25) is 9.59 Å². The second-order valence-corrected chi connectivity index (χ2v) is 4.80. The number of halogens is 1. The molecule has 1 aromatic heterocycles. The fourth-order valence-electron chi connectivity index (χ4n) is 1.89. The van der Waals surface area contributed by atoms with Crippen LogP contribution in [0.5, 0.6) is 5.75 Å². The second-order valence-electron chi connectivity index (χ2n) is 4.36. The van der Waals surface area contributed by atoms with Crippen LogP contribution in [0.4, 0.5) is 11.5 Å². The van der Waals surface area contributed by atoms with Crippen molar-refractivity contribution < 1.29 is 14.3 Å². The van der Waals surface area contributed by atoms with Crippen molar-refractivity contribution in [2.45, 2.75) is 0 Å². The van der Waals surface area contributed by atoms with Gasteiger partial charge in [0.2, 0.25) is 0 Å². The van der Waals surface area contributed by atoms with E-state index >= 15 is 0 Å². The quantitative estimate of drug-likeness (QED) is 0.892. The number of ether oxygens (including phenoxy) is 1. The number of aromatic nitrogens is 1. The fourth-order valence-corrected chi connectivity index (χ4v) is 2.05. The maximum absolute atomic E-state index is 12.1. The maximum Gasteiger partial charge on any atom is 0.262 e. The molecule has 3 rings (SSSR count). The van der Waals surface area contributed by atoms with Gasteiger partial charge in [-0.05, 0) is 30.3 Å². The van der Waals surface area contributed by atoms with Crippen molar-refractivity contribution in [1.29, 1.82) is 0 Å². The lowest BCUT2D eigenvalue weighted by Crippen LogP contribution is -2.25. The maximum atomic E-state index is 12.1. The van der Waals surface area contributed by atoms with Crippen LogP contribution in [0.1, 0.15) is 10.4 Å². The summed E-state index contributed by atoms with van der Waals surface area (Å²) in [7, 11) is 0. The molecule has 0 aliphatic carbocycles. The molecule has 1 aliphatic heterocycles. The Balaban J connectivity index is 1.82. The van der Waals surface area contributed by atoms with Crippen LogP contribution in [0.2, 0.25) is 5.02 Å². The minimum atomic E-state index is -0.354. The molecule has 0 fully saturated rings. The number of rotatable bonds is 2. The molecule has 0 saturated carbocycles. The van der Waals surface area contributed by atoms with Crippen LogP contribution in [0.15, 0.2) is 36.5 Å². The van der Waals surface area contributed by atoms with E-state index in [0.717, 1.165) is 0 Å². The van der Waals surface area contributed by atoms with Gasteiger partial charge in [0.15, 0.2) is 6.61 Å². The van der Waals surface area contributed by atoms with E-state index in [1.54, 1.807) is 30.3 Å². The number of carbonyl (C=O) groups excluding carboxylic acids is 2. The Hall–Kier alpha value is -2.60. The Labute approximate surface area is 125 Å². The van der Waals surface area contributed by atoms with Gasteiger partial charge in [-0.15, -0.1) is 0 Å². The smallest absolute Gasteiger partial charge is 0.262 e. The van der Waals surface area contributed by atoms with Crippen LogP contribution in [-0.2, 0) is 4.79 Å². The largest absolute Gasteiger partial charge is 0.482 e. The number of amides is 2. The predicted molar refractivity (Wildman–Crippen MR) is 77.8 cm³/mol. The topological polar surface area (TPSA) is 80.3 Å². The number of pyridine rings is 1.